The van der Waals surface area contributed by atoms with E-state index in [9.17, 15) is 4.79 Å². The van der Waals surface area contributed by atoms with Crippen molar-refractivity contribution in [2.75, 3.05) is 5.75 Å². The number of carboxylic acid groups (broad SMARTS) is 1. The fourth-order valence-corrected chi connectivity index (χ4v) is 4.77. The Morgan fingerprint density at radius 1 is 1.03 bits per heavy atom. The quantitative estimate of drug-likeness (QED) is 0.306. The van der Waals surface area contributed by atoms with Crippen molar-refractivity contribution < 1.29 is 14.6 Å². The molecule has 0 saturated heterocycles. The molecule has 3 aromatic carbocycles. The molecule has 0 aromatic heterocycles. The highest BCUT2D eigenvalue weighted by Crippen LogP contribution is 2.30. The highest BCUT2D eigenvalue weighted by atomic mass is 35.5. The van der Waals surface area contributed by atoms with E-state index in [-0.39, 0.29) is 12.5 Å². The predicted octanol–water partition coefficient (Wildman–Crippen LogP) is 7.07. The lowest BCUT2D eigenvalue weighted by atomic mass is 10.00. The second-order valence-electron chi connectivity index (χ2n) is 7.93. The van der Waals surface area contributed by atoms with Crippen LogP contribution in [-0.2, 0) is 24.1 Å². The zero-order chi connectivity index (χ0) is 22.9. The lowest BCUT2D eigenvalue weighted by Crippen LogP contribution is -2.16. The van der Waals surface area contributed by atoms with Gasteiger partial charge in [-0.15, -0.1) is 11.8 Å². The molecule has 0 aliphatic heterocycles. The van der Waals surface area contributed by atoms with Gasteiger partial charge in [-0.2, -0.15) is 0 Å². The number of carboxylic acids is 1. The summed E-state index contributed by atoms with van der Waals surface area (Å²) in [6.45, 7) is 4.25. The predicted molar refractivity (Wildman–Crippen MR) is 133 cm³/mol. The summed E-state index contributed by atoms with van der Waals surface area (Å²) in [5, 5.41) is 9.51. The molecule has 32 heavy (non-hydrogen) atoms. The van der Waals surface area contributed by atoms with Gasteiger partial charge in [0.05, 0.1) is 11.4 Å². The highest BCUT2D eigenvalue weighted by Gasteiger charge is 2.12. The van der Waals surface area contributed by atoms with Crippen LogP contribution >= 0.6 is 23.4 Å². The highest BCUT2D eigenvalue weighted by molar-refractivity contribution is 7.99. The Kier molecular flexibility index (Phi) is 9.07. The molecule has 0 heterocycles. The number of carbonyl (C=O) groups is 1. The first kappa shape index (κ1) is 24.2. The van der Waals surface area contributed by atoms with Crippen molar-refractivity contribution in [3.63, 3.8) is 0 Å². The van der Waals surface area contributed by atoms with Crippen molar-refractivity contribution >= 4 is 29.3 Å². The summed E-state index contributed by atoms with van der Waals surface area (Å²) in [4.78, 5) is 11.8. The standard InChI is InChI=1S/C27H29ClO3S/c1-3-7-23-15-21(14-20-8-5-4-6-9-20)10-12-25(23)31-19(2)18-32-26-13-11-22(16-24(26)28)17-27(29)30/h4-6,8-13,15-16,19H,3,7,14,17-18H2,1-2H3,(H,29,30). The molecule has 1 atom stereocenters. The van der Waals surface area contributed by atoms with Gasteiger partial charge in [-0.25, -0.2) is 0 Å². The Labute approximate surface area is 199 Å². The van der Waals surface area contributed by atoms with Gasteiger partial charge in [0.15, 0.2) is 0 Å². The van der Waals surface area contributed by atoms with Crippen LogP contribution in [0.4, 0.5) is 0 Å². The number of aryl methyl sites for hydroxylation is 1. The van der Waals surface area contributed by atoms with Gasteiger partial charge in [0.1, 0.15) is 11.9 Å². The first-order chi connectivity index (χ1) is 15.4. The number of thioether (sulfide) groups is 1. The molecule has 3 nitrogen and oxygen atoms in total. The minimum Gasteiger partial charge on any atom is -0.490 e. The lowest BCUT2D eigenvalue weighted by Gasteiger charge is -2.18. The van der Waals surface area contributed by atoms with Crippen LogP contribution in [0.2, 0.25) is 5.02 Å². The van der Waals surface area contributed by atoms with Gasteiger partial charge < -0.3 is 9.84 Å². The second kappa shape index (κ2) is 12.0. The minimum atomic E-state index is -0.860. The fourth-order valence-electron chi connectivity index (χ4n) is 3.56. The van der Waals surface area contributed by atoms with Crippen molar-refractivity contribution in [1.29, 1.82) is 0 Å². The van der Waals surface area contributed by atoms with E-state index in [4.69, 9.17) is 21.4 Å². The summed E-state index contributed by atoms with van der Waals surface area (Å²) in [5.41, 5.74) is 4.55. The molecule has 168 valence electrons. The Hall–Kier alpha value is -2.43. The summed E-state index contributed by atoms with van der Waals surface area (Å²) in [6, 6.07) is 22.5. The Bertz CT molecular complexity index is 1040. The number of halogens is 1. The number of aliphatic carboxylic acids is 1. The lowest BCUT2D eigenvalue weighted by molar-refractivity contribution is -0.136. The van der Waals surface area contributed by atoms with E-state index >= 15 is 0 Å². The zero-order valence-corrected chi connectivity index (χ0v) is 20.1. The van der Waals surface area contributed by atoms with Crippen molar-refractivity contribution in [3.8, 4) is 5.75 Å². The molecule has 3 aromatic rings. The molecule has 0 amide bonds. The van der Waals surface area contributed by atoms with Crippen LogP contribution in [-0.4, -0.2) is 22.9 Å². The molecule has 5 heteroatoms. The first-order valence-corrected chi connectivity index (χ1v) is 12.3. The van der Waals surface area contributed by atoms with E-state index in [0.29, 0.717) is 10.6 Å². The first-order valence-electron chi connectivity index (χ1n) is 10.9. The van der Waals surface area contributed by atoms with Gasteiger partial charge in [0, 0.05) is 10.6 Å². The van der Waals surface area contributed by atoms with Crippen LogP contribution < -0.4 is 4.74 Å². The molecule has 0 spiro atoms. The number of ether oxygens (including phenoxy) is 1. The maximum atomic E-state index is 10.9. The van der Waals surface area contributed by atoms with E-state index in [1.807, 2.05) is 18.2 Å². The molecule has 0 fully saturated rings. The average Bonchev–Trinajstić information content (AvgIpc) is 2.75. The fraction of sp³-hybridized carbons (Fsp3) is 0.296. The molecule has 0 radical (unpaired) electrons. The van der Waals surface area contributed by atoms with Crippen LogP contribution in [0.25, 0.3) is 0 Å². The third kappa shape index (κ3) is 7.32. The molecule has 0 bridgehead atoms. The van der Waals surface area contributed by atoms with Crippen LogP contribution in [0.5, 0.6) is 5.75 Å². The van der Waals surface area contributed by atoms with Crippen molar-refractivity contribution in [2.24, 2.45) is 0 Å². The zero-order valence-electron chi connectivity index (χ0n) is 18.5. The third-order valence-corrected chi connectivity index (χ3v) is 6.78. The number of hydrogen-bond donors (Lipinski definition) is 1. The van der Waals surface area contributed by atoms with Crippen LogP contribution in [0.15, 0.2) is 71.6 Å². The maximum Gasteiger partial charge on any atom is 0.307 e. The van der Waals surface area contributed by atoms with E-state index < -0.39 is 5.97 Å². The van der Waals surface area contributed by atoms with Crippen LogP contribution in [0.1, 0.15) is 42.5 Å². The maximum absolute atomic E-state index is 10.9. The molecule has 0 aliphatic rings. The van der Waals surface area contributed by atoms with Gasteiger partial charge in [0.25, 0.3) is 0 Å². The van der Waals surface area contributed by atoms with Gasteiger partial charge >= 0.3 is 5.97 Å². The average molecular weight is 469 g/mol. The topological polar surface area (TPSA) is 46.5 Å². The summed E-state index contributed by atoms with van der Waals surface area (Å²) >= 11 is 7.97. The molecule has 1 unspecified atom stereocenters. The third-order valence-electron chi connectivity index (χ3n) is 5.05. The van der Waals surface area contributed by atoms with E-state index in [1.54, 1.807) is 17.8 Å². The number of rotatable bonds is 11. The van der Waals surface area contributed by atoms with E-state index in [1.165, 1.54) is 16.7 Å². The summed E-state index contributed by atoms with van der Waals surface area (Å²) in [6.07, 6.45) is 2.94. The van der Waals surface area contributed by atoms with Crippen molar-refractivity contribution in [2.45, 2.75) is 50.5 Å². The molecule has 1 N–H and O–H groups in total. The van der Waals surface area contributed by atoms with Gasteiger partial charge in [-0.1, -0.05) is 73.5 Å². The van der Waals surface area contributed by atoms with Crippen molar-refractivity contribution in [3.05, 3.63) is 94.0 Å². The van der Waals surface area contributed by atoms with Gasteiger partial charge in [0.2, 0.25) is 0 Å². The minimum absolute atomic E-state index is 0.00495. The molecule has 3 rings (SSSR count). The number of benzene rings is 3. The summed E-state index contributed by atoms with van der Waals surface area (Å²) in [7, 11) is 0. The van der Waals surface area contributed by atoms with Crippen LogP contribution in [0, 0.1) is 0 Å². The number of hydrogen-bond acceptors (Lipinski definition) is 3. The Balaban J connectivity index is 1.62. The molecular formula is C27H29ClO3S. The monoisotopic (exact) mass is 468 g/mol. The Morgan fingerprint density at radius 2 is 1.78 bits per heavy atom. The van der Waals surface area contributed by atoms with Gasteiger partial charge in [-0.05, 0) is 60.2 Å². The summed E-state index contributed by atoms with van der Waals surface area (Å²) < 4.78 is 6.30. The van der Waals surface area contributed by atoms with Gasteiger partial charge in [-0.3, -0.25) is 4.79 Å². The molecular weight excluding hydrogens is 440 g/mol. The SMILES string of the molecule is CCCc1cc(Cc2ccccc2)ccc1OC(C)CSc1ccc(CC(=O)O)cc1Cl. The van der Waals surface area contributed by atoms with E-state index in [2.05, 4.69) is 56.3 Å². The van der Waals surface area contributed by atoms with Crippen molar-refractivity contribution in [1.82, 2.24) is 0 Å². The van der Waals surface area contributed by atoms with E-state index in [0.717, 1.165) is 35.7 Å². The molecule has 0 aliphatic carbocycles. The smallest absolute Gasteiger partial charge is 0.307 e. The largest absolute Gasteiger partial charge is 0.490 e. The van der Waals surface area contributed by atoms with Crippen LogP contribution in [0.3, 0.4) is 0 Å². The normalized spacial score (nSPS) is 11.8. The molecule has 0 saturated carbocycles. The Morgan fingerprint density at radius 3 is 2.47 bits per heavy atom. The summed E-state index contributed by atoms with van der Waals surface area (Å²) in [5.74, 6) is 0.829. The second-order valence-corrected chi connectivity index (χ2v) is 9.40.